The van der Waals surface area contributed by atoms with Crippen LogP contribution >= 0.6 is 11.3 Å². The van der Waals surface area contributed by atoms with Crippen LogP contribution in [-0.2, 0) is 0 Å². The first-order chi connectivity index (χ1) is 24.8. The minimum absolute atomic E-state index is 0.734. The predicted octanol–water partition coefficient (Wildman–Crippen LogP) is 12.6. The van der Waals surface area contributed by atoms with E-state index < -0.39 is 0 Å². The summed E-state index contributed by atoms with van der Waals surface area (Å²) in [5, 5.41) is 4.94. The first-order valence-electron chi connectivity index (χ1n) is 16.8. The summed E-state index contributed by atoms with van der Waals surface area (Å²) in [6.45, 7) is 0. The van der Waals surface area contributed by atoms with E-state index in [9.17, 15) is 0 Å². The van der Waals surface area contributed by atoms with Gasteiger partial charge in [-0.25, -0.2) is 9.97 Å². The average molecular weight is 656 g/mol. The van der Waals surface area contributed by atoms with Gasteiger partial charge in [0.15, 0.2) is 5.82 Å². The van der Waals surface area contributed by atoms with Crippen molar-refractivity contribution >= 4 is 53.3 Å². The molecule has 10 aromatic rings. The molecule has 3 nitrogen and oxygen atoms in total. The van der Waals surface area contributed by atoms with Crippen LogP contribution < -0.4 is 0 Å². The lowest BCUT2D eigenvalue weighted by Gasteiger charge is -2.10. The minimum Gasteiger partial charge on any atom is -0.309 e. The van der Waals surface area contributed by atoms with Crippen molar-refractivity contribution in [3.8, 4) is 50.7 Å². The SMILES string of the molecule is c1ccc(-c2cc(-c3ccccc3)nc(-c3cccc4sc5cc(-c6cccc7c6c6ccccc6n7-c6ccccc6)ccc5c34)n2)cc1. The van der Waals surface area contributed by atoms with Crippen LogP contribution in [0.15, 0.2) is 176 Å². The highest BCUT2D eigenvalue weighted by Crippen LogP contribution is 2.44. The summed E-state index contributed by atoms with van der Waals surface area (Å²) in [5.41, 5.74) is 11.0. The quantitative estimate of drug-likeness (QED) is 0.185. The molecule has 0 N–H and O–H groups in total. The Hall–Kier alpha value is -6.36. The Morgan fingerprint density at radius 2 is 1.02 bits per heavy atom. The van der Waals surface area contributed by atoms with Crippen molar-refractivity contribution < 1.29 is 0 Å². The first kappa shape index (κ1) is 28.6. The van der Waals surface area contributed by atoms with Gasteiger partial charge in [-0.2, -0.15) is 0 Å². The molecule has 0 fully saturated rings. The fourth-order valence-electron chi connectivity index (χ4n) is 7.38. The van der Waals surface area contributed by atoms with E-state index in [4.69, 9.17) is 9.97 Å². The molecule has 3 heterocycles. The average Bonchev–Trinajstić information content (AvgIpc) is 3.74. The van der Waals surface area contributed by atoms with Gasteiger partial charge < -0.3 is 4.57 Å². The van der Waals surface area contributed by atoms with E-state index in [-0.39, 0.29) is 0 Å². The number of rotatable bonds is 5. The molecule has 7 aromatic carbocycles. The van der Waals surface area contributed by atoms with Gasteiger partial charge in [0.25, 0.3) is 0 Å². The van der Waals surface area contributed by atoms with Gasteiger partial charge >= 0.3 is 0 Å². The van der Waals surface area contributed by atoms with E-state index >= 15 is 0 Å². The third kappa shape index (κ3) is 4.65. The molecule has 4 heteroatoms. The van der Waals surface area contributed by atoms with Crippen LogP contribution in [0.1, 0.15) is 0 Å². The Morgan fingerprint density at radius 1 is 0.400 bits per heavy atom. The largest absolute Gasteiger partial charge is 0.309 e. The monoisotopic (exact) mass is 655 g/mol. The van der Waals surface area contributed by atoms with Gasteiger partial charge in [-0.15, -0.1) is 11.3 Å². The van der Waals surface area contributed by atoms with Crippen LogP contribution in [0.2, 0.25) is 0 Å². The third-order valence-corrected chi connectivity index (χ3v) is 10.7. The fraction of sp³-hybridized carbons (Fsp3) is 0. The molecule has 0 amide bonds. The van der Waals surface area contributed by atoms with E-state index in [2.05, 4.69) is 168 Å². The lowest BCUT2D eigenvalue weighted by Crippen LogP contribution is -1.96. The number of nitrogens with zero attached hydrogens (tertiary/aromatic N) is 3. The normalized spacial score (nSPS) is 11.6. The molecule has 0 atom stereocenters. The van der Waals surface area contributed by atoms with Crippen LogP contribution in [0.4, 0.5) is 0 Å². The van der Waals surface area contributed by atoms with Crippen molar-refractivity contribution in [2.45, 2.75) is 0 Å². The maximum atomic E-state index is 5.18. The predicted molar refractivity (Wildman–Crippen MR) is 211 cm³/mol. The van der Waals surface area contributed by atoms with Gasteiger partial charge in [-0.05, 0) is 53.6 Å². The maximum Gasteiger partial charge on any atom is 0.161 e. The van der Waals surface area contributed by atoms with Gasteiger partial charge in [0.2, 0.25) is 0 Å². The molecule has 234 valence electrons. The maximum absolute atomic E-state index is 5.18. The van der Waals surface area contributed by atoms with Crippen molar-refractivity contribution in [3.63, 3.8) is 0 Å². The van der Waals surface area contributed by atoms with Gasteiger partial charge in [-0.3, -0.25) is 0 Å². The molecular formula is C46H29N3S. The number of fused-ring (bicyclic) bond motifs is 6. The number of aromatic nitrogens is 3. The zero-order valence-electron chi connectivity index (χ0n) is 27.0. The molecule has 3 aromatic heterocycles. The van der Waals surface area contributed by atoms with Gasteiger partial charge in [0.05, 0.1) is 22.4 Å². The Bertz CT molecular complexity index is 2800. The third-order valence-electron chi connectivity index (χ3n) is 9.63. The minimum atomic E-state index is 0.734. The smallest absolute Gasteiger partial charge is 0.161 e. The Labute approximate surface area is 293 Å². The molecule has 0 spiro atoms. The van der Waals surface area contributed by atoms with Crippen LogP contribution in [0.5, 0.6) is 0 Å². The van der Waals surface area contributed by atoms with E-state index in [1.807, 2.05) is 23.5 Å². The number of thiophene rings is 1. The second-order valence-corrected chi connectivity index (χ2v) is 13.7. The zero-order chi connectivity index (χ0) is 33.0. The lowest BCUT2D eigenvalue weighted by atomic mass is 9.97. The van der Waals surface area contributed by atoms with E-state index in [0.717, 1.165) is 39.6 Å². The second kappa shape index (κ2) is 11.7. The highest BCUT2D eigenvalue weighted by molar-refractivity contribution is 7.26. The van der Waals surface area contributed by atoms with E-state index in [0.29, 0.717) is 0 Å². The summed E-state index contributed by atoms with van der Waals surface area (Å²) < 4.78 is 4.85. The Balaban J connectivity index is 1.17. The molecule has 10 rings (SSSR count). The topological polar surface area (TPSA) is 30.7 Å². The molecule has 0 bridgehead atoms. The van der Waals surface area contributed by atoms with Crippen LogP contribution in [-0.4, -0.2) is 14.5 Å². The first-order valence-corrected chi connectivity index (χ1v) is 17.7. The van der Waals surface area contributed by atoms with Crippen molar-refractivity contribution in [2.24, 2.45) is 0 Å². The zero-order valence-corrected chi connectivity index (χ0v) is 27.8. The molecule has 0 aliphatic carbocycles. The van der Waals surface area contributed by atoms with Crippen LogP contribution in [0.3, 0.4) is 0 Å². The summed E-state index contributed by atoms with van der Waals surface area (Å²) in [7, 11) is 0. The highest BCUT2D eigenvalue weighted by atomic mass is 32.1. The lowest BCUT2D eigenvalue weighted by molar-refractivity contribution is 1.18. The fourth-order valence-corrected chi connectivity index (χ4v) is 8.55. The molecule has 0 aliphatic rings. The summed E-state index contributed by atoms with van der Waals surface area (Å²) >= 11 is 1.83. The summed E-state index contributed by atoms with van der Waals surface area (Å²) in [6.07, 6.45) is 0. The Morgan fingerprint density at radius 3 is 1.76 bits per heavy atom. The molecule has 0 saturated carbocycles. The standard InChI is InChI=1S/C46H29N3S/c1-4-14-30(15-5-1)38-29-39(31-16-6-2-7-17-31)48-46(47-38)37-22-13-25-42-45(37)36-27-26-32(28-43(36)50-42)34-21-12-24-41-44(34)35-20-10-11-23-40(35)49(41)33-18-8-3-9-19-33/h1-29H. The highest BCUT2D eigenvalue weighted by Gasteiger charge is 2.19. The van der Waals surface area contributed by atoms with Crippen molar-refractivity contribution in [3.05, 3.63) is 176 Å². The molecule has 0 aliphatic heterocycles. The number of benzene rings is 7. The van der Waals surface area contributed by atoms with E-state index in [1.54, 1.807) is 0 Å². The summed E-state index contributed by atoms with van der Waals surface area (Å²) in [5.74, 6) is 0.734. The molecule has 50 heavy (non-hydrogen) atoms. The Kier molecular flexibility index (Phi) is 6.68. The molecule has 0 unspecified atom stereocenters. The molecular weight excluding hydrogens is 627 g/mol. The summed E-state index contributed by atoms with van der Waals surface area (Å²) in [4.78, 5) is 10.4. The molecule has 0 radical (unpaired) electrons. The van der Waals surface area contributed by atoms with Crippen molar-refractivity contribution in [1.29, 1.82) is 0 Å². The number of para-hydroxylation sites is 2. The van der Waals surface area contributed by atoms with Gasteiger partial charge in [-0.1, -0.05) is 133 Å². The van der Waals surface area contributed by atoms with Crippen molar-refractivity contribution in [1.82, 2.24) is 14.5 Å². The second-order valence-electron chi connectivity index (χ2n) is 12.6. The molecule has 0 saturated heterocycles. The van der Waals surface area contributed by atoms with Gasteiger partial charge in [0.1, 0.15) is 0 Å². The number of hydrogen-bond acceptors (Lipinski definition) is 3. The van der Waals surface area contributed by atoms with Crippen molar-refractivity contribution in [2.75, 3.05) is 0 Å². The van der Waals surface area contributed by atoms with Crippen LogP contribution in [0, 0.1) is 0 Å². The number of hydrogen-bond donors (Lipinski definition) is 0. The van der Waals surface area contributed by atoms with Gasteiger partial charge in [0, 0.05) is 53.3 Å². The summed E-state index contributed by atoms with van der Waals surface area (Å²) in [6, 6.07) is 62.4. The van der Waals surface area contributed by atoms with Crippen LogP contribution in [0.25, 0.3) is 92.7 Å². The van der Waals surface area contributed by atoms with E-state index in [1.165, 1.54) is 53.1 Å².